The highest BCUT2D eigenvalue weighted by atomic mass is 16.3. The lowest BCUT2D eigenvalue weighted by molar-refractivity contribution is -0.122. The predicted molar refractivity (Wildman–Crippen MR) is 35.3 cm³/mol. The first kappa shape index (κ1) is 7.01. The van der Waals surface area contributed by atoms with Gasteiger partial charge >= 0.3 is 0 Å². The number of aliphatic hydroxyl groups is 1. The Morgan fingerprint density at radius 3 is 2.90 bits per heavy atom. The van der Waals surface area contributed by atoms with Crippen LogP contribution in [-0.2, 0) is 4.79 Å². The minimum atomic E-state index is -0.400. The minimum Gasteiger partial charge on any atom is -0.388 e. The molecule has 1 amide bonds. The number of hydrogen-bond acceptors (Lipinski definition) is 4. The largest absolute Gasteiger partial charge is 0.388 e. The number of aliphatic hydroxyl groups excluding tert-OH is 1. The minimum absolute atomic E-state index is 0.176. The summed E-state index contributed by atoms with van der Waals surface area (Å²) < 4.78 is 0. The molecule has 1 unspecified atom stereocenters. The van der Waals surface area contributed by atoms with Gasteiger partial charge in [0.1, 0.15) is 18.5 Å². The third-order valence-corrected chi connectivity index (χ3v) is 1.21. The van der Waals surface area contributed by atoms with Crippen LogP contribution >= 0.6 is 0 Å². The number of hydrogen-bond donors (Lipinski definition) is 3. The van der Waals surface area contributed by atoms with Crippen molar-refractivity contribution in [3.05, 3.63) is 0 Å². The van der Waals surface area contributed by atoms with E-state index >= 15 is 0 Å². The van der Waals surface area contributed by atoms with Gasteiger partial charge in [0.25, 0.3) is 5.91 Å². The van der Waals surface area contributed by atoms with E-state index in [-0.39, 0.29) is 12.5 Å². The van der Waals surface area contributed by atoms with Crippen LogP contribution in [0, 0.1) is 0 Å². The second-order valence-corrected chi connectivity index (χ2v) is 2.02. The zero-order valence-corrected chi connectivity index (χ0v) is 5.59. The van der Waals surface area contributed by atoms with Gasteiger partial charge in [-0.25, -0.2) is 0 Å². The van der Waals surface area contributed by atoms with Crippen molar-refractivity contribution < 1.29 is 9.90 Å². The molecular formula is C5H9N3O2. The Bertz CT molecular complexity index is 178. The highest BCUT2D eigenvalue weighted by Gasteiger charge is 2.16. The first-order valence-electron chi connectivity index (χ1n) is 2.97. The van der Waals surface area contributed by atoms with Crippen LogP contribution in [0.2, 0.25) is 0 Å². The Balaban J connectivity index is 2.65. The number of nitrogens with zero attached hydrogens (tertiary/aromatic N) is 1. The van der Waals surface area contributed by atoms with E-state index in [4.69, 9.17) is 5.11 Å². The van der Waals surface area contributed by atoms with Crippen LogP contribution in [0.15, 0.2) is 4.99 Å². The van der Waals surface area contributed by atoms with E-state index in [0.29, 0.717) is 5.84 Å². The second kappa shape index (κ2) is 2.66. The standard InChI is InChI=1S/C5H9N3O2/c1-3-5(10)8-7-4(2-9)6-3/h3,9H,2H2,1H3,(H,6,7)(H,8,10). The molecule has 0 radical (unpaired) electrons. The highest BCUT2D eigenvalue weighted by molar-refractivity contribution is 5.93. The van der Waals surface area contributed by atoms with Gasteiger partial charge < -0.3 is 5.11 Å². The van der Waals surface area contributed by atoms with Crippen molar-refractivity contribution in [3.63, 3.8) is 0 Å². The fraction of sp³-hybridized carbons (Fsp3) is 0.600. The Hall–Kier alpha value is -1.10. The number of aliphatic imine (C=N–C) groups is 1. The number of carbonyl (C=O) groups excluding carboxylic acids is 1. The Morgan fingerprint density at radius 2 is 2.40 bits per heavy atom. The number of amidine groups is 1. The van der Waals surface area contributed by atoms with Crippen LogP contribution in [0.1, 0.15) is 6.92 Å². The summed E-state index contributed by atoms with van der Waals surface area (Å²) in [6.45, 7) is 1.48. The van der Waals surface area contributed by atoms with Crippen LogP contribution in [-0.4, -0.2) is 29.5 Å². The van der Waals surface area contributed by atoms with Gasteiger partial charge in [0.15, 0.2) is 0 Å². The summed E-state index contributed by atoms with van der Waals surface area (Å²) in [7, 11) is 0. The molecule has 0 aliphatic carbocycles. The summed E-state index contributed by atoms with van der Waals surface area (Å²) in [5.74, 6) is 0.212. The molecule has 0 saturated heterocycles. The molecule has 0 aromatic heterocycles. The topological polar surface area (TPSA) is 73.7 Å². The molecule has 0 saturated carbocycles. The fourth-order valence-electron chi connectivity index (χ4n) is 0.643. The van der Waals surface area contributed by atoms with E-state index in [0.717, 1.165) is 0 Å². The maximum Gasteiger partial charge on any atom is 0.262 e. The van der Waals surface area contributed by atoms with Crippen LogP contribution in [0.3, 0.4) is 0 Å². The Morgan fingerprint density at radius 1 is 1.70 bits per heavy atom. The Labute approximate surface area is 58.1 Å². The lowest BCUT2D eigenvalue weighted by atomic mass is 10.3. The lowest BCUT2D eigenvalue weighted by Crippen LogP contribution is -2.51. The summed E-state index contributed by atoms with van der Waals surface area (Å²) in [4.78, 5) is 14.5. The van der Waals surface area contributed by atoms with Gasteiger partial charge in [-0.1, -0.05) is 0 Å². The molecule has 1 aliphatic heterocycles. The summed E-state index contributed by atoms with van der Waals surface area (Å²) >= 11 is 0. The van der Waals surface area contributed by atoms with Crippen LogP contribution in [0.4, 0.5) is 0 Å². The van der Waals surface area contributed by atoms with Crippen molar-refractivity contribution in [2.45, 2.75) is 13.0 Å². The summed E-state index contributed by atoms with van der Waals surface area (Å²) in [5.41, 5.74) is 4.80. The third kappa shape index (κ3) is 1.24. The van der Waals surface area contributed by atoms with Crippen molar-refractivity contribution in [3.8, 4) is 0 Å². The molecular weight excluding hydrogens is 134 g/mol. The van der Waals surface area contributed by atoms with Gasteiger partial charge in [0.05, 0.1) is 0 Å². The van der Waals surface area contributed by atoms with E-state index in [1.165, 1.54) is 0 Å². The van der Waals surface area contributed by atoms with Crippen LogP contribution in [0.25, 0.3) is 0 Å². The van der Waals surface area contributed by atoms with Gasteiger partial charge in [-0.15, -0.1) is 0 Å². The average molecular weight is 143 g/mol. The maximum absolute atomic E-state index is 10.7. The van der Waals surface area contributed by atoms with Gasteiger partial charge in [-0.3, -0.25) is 20.6 Å². The molecule has 1 atom stereocenters. The summed E-state index contributed by atoms with van der Waals surface area (Å²) in [6, 6.07) is -0.400. The highest BCUT2D eigenvalue weighted by Crippen LogP contribution is 1.92. The van der Waals surface area contributed by atoms with Gasteiger partial charge in [-0.05, 0) is 6.92 Å². The molecule has 0 aromatic rings. The lowest BCUT2D eigenvalue weighted by Gasteiger charge is -2.17. The molecule has 3 N–H and O–H groups in total. The summed E-state index contributed by atoms with van der Waals surface area (Å²) in [6.07, 6.45) is 0. The van der Waals surface area contributed by atoms with E-state index < -0.39 is 6.04 Å². The zero-order valence-electron chi connectivity index (χ0n) is 5.59. The molecule has 0 aromatic carbocycles. The van der Waals surface area contributed by atoms with E-state index in [1.807, 2.05) is 0 Å². The van der Waals surface area contributed by atoms with Crippen molar-refractivity contribution in [2.24, 2.45) is 4.99 Å². The molecule has 0 bridgehead atoms. The number of hydrazine groups is 1. The molecule has 5 heteroatoms. The first-order chi connectivity index (χ1) is 4.74. The SMILES string of the molecule is CC1N=C(CO)NNC1=O. The quantitative estimate of drug-likeness (QED) is 0.414. The number of nitrogens with one attached hydrogen (secondary N) is 2. The molecule has 5 nitrogen and oxygen atoms in total. The molecule has 10 heavy (non-hydrogen) atoms. The molecule has 0 fully saturated rings. The first-order valence-corrected chi connectivity index (χ1v) is 2.97. The van der Waals surface area contributed by atoms with Gasteiger partial charge in [0.2, 0.25) is 0 Å². The van der Waals surface area contributed by atoms with Crippen LogP contribution in [0.5, 0.6) is 0 Å². The molecule has 56 valence electrons. The van der Waals surface area contributed by atoms with Crippen molar-refractivity contribution in [1.29, 1.82) is 0 Å². The summed E-state index contributed by atoms with van der Waals surface area (Å²) in [5, 5.41) is 8.55. The van der Waals surface area contributed by atoms with Crippen molar-refractivity contribution in [2.75, 3.05) is 6.61 Å². The Kier molecular flexibility index (Phi) is 1.86. The zero-order chi connectivity index (χ0) is 7.56. The normalized spacial score (nSPS) is 24.8. The average Bonchev–Trinajstić information content (AvgIpc) is 1.95. The van der Waals surface area contributed by atoms with Gasteiger partial charge in [-0.2, -0.15) is 0 Å². The second-order valence-electron chi connectivity index (χ2n) is 2.02. The third-order valence-electron chi connectivity index (χ3n) is 1.21. The smallest absolute Gasteiger partial charge is 0.262 e. The van der Waals surface area contributed by atoms with E-state index in [1.54, 1.807) is 6.92 Å². The molecule has 0 spiro atoms. The molecule has 1 aliphatic rings. The fourth-order valence-corrected chi connectivity index (χ4v) is 0.643. The van der Waals surface area contributed by atoms with E-state index in [2.05, 4.69) is 15.8 Å². The van der Waals surface area contributed by atoms with Crippen molar-refractivity contribution in [1.82, 2.24) is 10.9 Å². The van der Waals surface area contributed by atoms with Crippen molar-refractivity contribution >= 4 is 11.7 Å². The maximum atomic E-state index is 10.7. The predicted octanol–water partition coefficient (Wildman–Crippen LogP) is -1.60. The van der Waals surface area contributed by atoms with Gasteiger partial charge in [0, 0.05) is 0 Å². The van der Waals surface area contributed by atoms with Crippen LogP contribution < -0.4 is 10.9 Å². The van der Waals surface area contributed by atoms with E-state index in [9.17, 15) is 4.79 Å². The monoisotopic (exact) mass is 143 g/mol. The number of amides is 1. The molecule has 1 rings (SSSR count). The molecule has 1 heterocycles. The number of carbonyl (C=O) groups is 1. The number of rotatable bonds is 1.